The first kappa shape index (κ1) is 12.8. The molecule has 1 fully saturated rings. The molecule has 1 aromatic rings. The number of carbonyl (C=O) groups excluding carboxylic acids is 1. The maximum Gasteiger partial charge on any atom is 0.272 e. The minimum Gasteiger partial charge on any atom is -0.492 e. The van der Waals surface area contributed by atoms with Gasteiger partial charge in [-0.15, -0.1) is 0 Å². The maximum absolute atomic E-state index is 11.8. The van der Waals surface area contributed by atoms with Crippen molar-refractivity contribution >= 4 is 5.91 Å². The summed E-state index contributed by atoms with van der Waals surface area (Å²) in [6, 6.07) is 3.89. The molecule has 1 saturated heterocycles. The van der Waals surface area contributed by atoms with Gasteiger partial charge in [-0.05, 0) is 25.5 Å². The first-order valence-electron chi connectivity index (χ1n) is 6.20. The third-order valence-electron chi connectivity index (χ3n) is 2.97. The molecule has 1 atom stereocenters. The van der Waals surface area contributed by atoms with Crippen molar-refractivity contribution < 1.29 is 9.53 Å². The smallest absolute Gasteiger partial charge is 0.272 e. The Morgan fingerprint density at radius 3 is 3.11 bits per heavy atom. The summed E-state index contributed by atoms with van der Waals surface area (Å²) < 4.78 is 5.69. The molecule has 0 radical (unpaired) electrons. The van der Waals surface area contributed by atoms with Gasteiger partial charge in [-0.2, -0.15) is 0 Å². The van der Waals surface area contributed by atoms with Crippen LogP contribution in [-0.4, -0.2) is 49.1 Å². The zero-order valence-corrected chi connectivity index (χ0v) is 10.8. The summed E-state index contributed by atoms with van der Waals surface area (Å²) in [4.78, 5) is 17.3. The molecule has 1 aliphatic rings. The summed E-state index contributed by atoms with van der Waals surface area (Å²) in [7, 11) is 3.42. The predicted octanol–water partition coefficient (Wildman–Crippen LogP) is 0.914. The van der Waals surface area contributed by atoms with Crippen molar-refractivity contribution in [3.05, 3.63) is 24.0 Å². The fourth-order valence-electron chi connectivity index (χ4n) is 1.94. The van der Waals surface area contributed by atoms with Gasteiger partial charge in [0.15, 0.2) is 0 Å². The summed E-state index contributed by atoms with van der Waals surface area (Å²) >= 11 is 0. The number of aromatic nitrogens is 1. The number of amides is 1. The van der Waals surface area contributed by atoms with Crippen molar-refractivity contribution in [2.75, 3.05) is 27.2 Å². The Bertz CT molecular complexity index is 414. The molecule has 5 heteroatoms. The van der Waals surface area contributed by atoms with Gasteiger partial charge in [0.1, 0.15) is 18.1 Å². The number of nitrogens with zero attached hydrogens (tertiary/aromatic N) is 2. The number of nitrogens with one attached hydrogen (secondary N) is 1. The van der Waals surface area contributed by atoms with Gasteiger partial charge in [0.05, 0.1) is 0 Å². The lowest BCUT2D eigenvalue weighted by molar-refractivity contribution is 0.0821. The Kier molecular flexibility index (Phi) is 4.15. The van der Waals surface area contributed by atoms with Crippen molar-refractivity contribution in [2.24, 2.45) is 0 Å². The summed E-state index contributed by atoms with van der Waals surface area (Å²) in [6.45, 7) is 1.70. The molecule has 0 saturated carbocycles. The van der Waals surface area contributed by atoms with Crippen LogP contribution in [0.2, 0.25) is 0 Å². The quantitative estimate of drug-likeness (QED) is 0.862. The van der Waals surface area contributed by atoms with E-state index in [0.29, 0.717) is 24.1 Å². The second-order valence-electron chi connectivity index (χ2n) is 4.68. The van der Waals surface area contributed by atoms with Crippen LogP contribution in [0, 0.1) is 0 Å². The zero-order chi connectivity index (χ0) is 13.0. The molecule has 5 nitrogen and oxygen atoms in total. The molecule has 18 heavy (non-hydrogen) atoms. The summed E-state index contributed by atoms with van der Waals surface area (Å²) in [5.41, 5.74) is 0.414. The van der Waals surface area contributed by atoms with Gasteiger partial charge in [-0.1, -0.05) is 0 Å². The Morgan fingerprint density at radius 1 is 1.61 bits per heavy atom. The van der Waals surface area contributed by atoms with Gasteiger partial charge >= 0.3 is 0 Å². The van der Waals surface area contributed by atoms with Crippen LogP contribution in [0.4, 0.5) is 0 Å². The number of rotatable bonds is 4. The molecule has 1 N–H and O–H groups in total. The number of ether oxygens (including phenoxy) is 1. The highest BCUT2D eigenvalue weighted by molar-refractivity contribution is 5.92. The van der Waals surface area contributed by atoms with E-state index in [1.807, 2.05) is 0 Å². The van der Waals surface area contributed by atoms with E-state index in [1.54, 1.807) is 32.4 Å². The second kappa shape index (κ2) is 5.82. The summed E-state index contributed by atoms with van der Waals surface area (Å²) in [5, 5.41) is 3.37. The van der Waals surface area contributed by atoms with Gasteiger partial charge in [-0.3, -0.25) is 9.78 Å². The maximum atomic E-state index is 11.8. The van der Waals surface area contributed by atoms with E-state index in [9.17, 15) is 4.79 Å². The average Bonchev–Trinajstić information content (AvgIpc) is 2.89. The standard InChI is InChI=1S/C13H19N3O2/c1-16(2)13(17)12-8-11(5-7-15-12)18-9-10-4-3-6-14-10/h5,7-8,10,14H,3-4,6,9H2,1-2H3. The van der Waals surface area contributed by atoms with Crippen LogP contribution in [-0.2, 0) is 0 Å². The molecule has 98 valence electrons. The average molecular weight is 249 g/mol. The first-order chi connectivity index (χ1) is 8.66. The number of hydrogen-bond acceptors (Lipinski definition) is 4. The van der Waals surface area contributed by atoms with Crippen LogP contribution >= 0.6 is 0 Å². The molecule has 0 bridgehead atoms. The molecular weight excluding hydrogens is 230 g/mol. The van der Waals surface area contributed by atoms with Gasteiger partial charge in [-0.25, -0.2) is 0 Å². The fourth-order valence-corrected chi connectivity index (χ4v) is 1.94. The molecule has 0 aromatic carbocycles. The molecule has 1 amide bonds. The molecule has 0 spiro atoms. The number of hydrogen-bond donors (Lipinski definition) is 1. The van der Waals surface area contributed by atoms with E-state index >= 15 is 0 Å². The van der Waals surface area contributed by atoms with Gasteiger partial charge in [0, 0.05) is 32.4 Å². The van der Waals surface area contributed by atoms with Crippen LogP contribution in [0.25, 0.3) is 0 Å². The number of pyridine rings is 1. The van der Waals surface area contributed by atoms with Gasteiger partial charge in [0.2, 0.25) is 0 Å². The van der Waals surface area contributed by atoms with Crippen LogP contribution in [0.5, 0.6) is 5.75 Å². The van der Waals surface area contributed by atoms with Crippen molar-refractivity contribution in [3.63, 3.8) is 0 Å². The van der Waals surface area contributed by atoms with Crippen molar-refractivity contribution in [3.8, 4) is 5.75 Å². The summed E-state index contributed by atoms with van der Waals surface area (Å²) in [5.74, 6) is 0.586. The van der Waals surface area contributed by atoms with Crippen molar-refractivity contribution in [1.29, 1.82) is 0 Å². The molecular formula is C13H19N3O2. The molecule has 1 aliphatic heterocycles. The Balaban J connectivity index is 1.96. The van der Waals surface area contributed by atoms with Gasteiger partial charge < -0.3 is 15.0 Å². The molecule has 1 aromatic heterocycles. The Hall–Kier alpha value is -1.62. The molecule has 2 rings (SSSR count). The zero-order valence-electron chi connectivity index (χ0n) is 10.8. The normalized spacial score (nSPS) is 18.7. The van der Waals surface area contributed by atoms with E-state index in [1.165, 1.54) is 11.3 Å². The van der Waals surface area contributed by atoms with E-state index in [4.69, 9.17) is 4.74 Å². The van der Waals surface area contributed by atoms with Crippen LogP contribution < -0.4 is 10.1 Å². The minimum absolute atomic E-state index is 0.112. The Morgan fingerprint density at radius 2 is 2.44 bits per heavy atom. The third-order valence-corrected chi connectivity index (χ3v) is 2.97. The number of carbonyl (C=O) groups is 1. The topological polar surface area (TPSA) is 54.5 Å². The highest BCUT2D eigenvalue weighted by Crippen LogP contribution is 2.14. The van der Waals surface area contributed by atoms with Crippen LogP contribution in [0.1, 0.15) is 23.3 Å². The van der Waals surface area contributed by atoms with Gasteiger partial charge in [0.25, 0.3) is 5.91 Å². The monoisotopic (exact) mass is 249 g/mol. The van der Waals surface area contributed by atoms with Crippen molar-refractivity contribution in [2.45, 2.75) is 18.9 Å². The van der Waals surface area contributed by atoms with Crippen molar-refractivity contribution in [1.82, 2.24) is 15.2 Å². The van der Waals surface area contributed by atoms with E-state index in [0.717, 1.165) is 13.0 Å². The molecule has 1 unspecified atom stereocenters. The lowest BCUT2D eigenvalue weighted by Crippen LogP contribution is -2.28. The molecule has 2 heterocycles. The third kappa shape index (κ3) is 3.20. The fraction of sp³-hybridized carbons (Fsp3) is 0.538. The highest BCUT2D eigenvalue weighted by atomic mass is 16.5. The lowest BCUT2D eigenvalue weighted by Gasteiger charge is -2.13. The highest BCUT2D eigenvalue weighted by Gasteiger charge is 2.15. The minimum atomic E-state index is -0.112. The Labute approximate surface area is 107 Å². The predicted molar refractivity (Wildman–Crippen MR) is 68.8 cm³/mol. The first-order valence-corrected chi connectivity index (χ1v) is 6.20. The largest absolute Gasteiger partial charge is 0.492 e. The summed E-state index contributed by atoms with van der Waals surface area (Å²) in [6.07, 6.45) is 3.96. The van der Waals surface area contributed by atoms with Crippen LogP contribution in [0.15, 0.2) is 18.3 Å². The van der Waals surface area contributed by atoms with E-state index < -0.39 is 0 Å². The van der Waals surface area contributed by atoms with E-state index in [2.05, 4.69) is 10.3 Å². The SMILES string of the molecule is CN(C)C(=O)c1cc(OCC2CCCN2)ccn1. The van der Waals surface area contributed by atoms with Crippen LogP contribution in [0.3, 0.4) is 0 Å². The molecule has 0 aliphatic carbocycles. The lowest BCUT2D eigenvalue weighted by atomic mass is 10.2. The second-order valence-corrected chi connectivity index (χ2v) is 4.68. The van der Waals surface area contributed by atoms with E-state index in [-0.39, 0.29) is 5.91 Å².